The van der Waals surface area contributed by atoms with E-state index in [9.17, 15) is 31.5 Å². The van der Waals surface area contributed by atoms with Crippen molar-refractivity contribution in [2.45, 2.75) is 11.8 Å². The van der Waals surface area contributed by atoms with E-state index in [-0.39, 0.29) is 18.8 Å². The van der Waals surface area contributed by atoms with Gasteiger partial charge in [0.05, 0.1) is 30.5 Å². The number of likely N-dealkylation sites (tertiary alicyclic amines) is 1. The summed E-state index contributed by atoms with van der Waals surface area (Å²) in [5.41, 5.74) is 1.25. The van der Waals surface area contributed by atoms with Gasteiger partial charge in [0.15, 0.2) is 0 Å². The van der Waals surface area contributed by atoms with Crippen molar-refractivity contribution >= 4 is 28.5 Å². The van der Waals surface area contributed by atoms with Gasteiger partial charge in [-0.2, -0.15) is 22.7 Å². The Bertz CT molecular complexity index is 1280. The minimum atomic E-state index is -4.31. The Hall–Kier alpha value is -3.70. The molecule has 2 fully saturated rings. The highest BCUT2D eigenvalue weighted by atomic mass is 19.3. The summed E-state index contributed by atoms with van der Waals surface area (Å²) in [6.07, 6.45) is 1.49. The van der Waals surface area contributed by atoms with Gasteiger partial charge in [0.2, 0.25) is 5.91 Å². The van der Waals surface area contributed by atoms with Gasteiger partial charge in [0, 0.05) is 18.5 Å². The molecule has 2 aliphatic heterocycles. The quantitative estimate of drug-likeness (QED) is 0.538. The molecule has 0 spiro atoms. The molecule has 7 nitrogen and oxygen atoms in total. The second-order valence-electron chi connectivity index (χ2n) is 8.23. The molecule has 34 heavy (non-hydrogen) atoms. The minimum Gasteiger partial charge on any atom is -0.329 e. The van der Waals surface area contributed by atoms with Crippen molar-refractivity contribution in [1.29, 1.82) is 0 Å². The fourth-order valence-corrected chi connectivity index (χ4v) is 4.25. The number of hydrogen-bond donors (Lipinski definition) is 0. The van der Waals surface area contributed by atoms with Crippen LogP contribution in [0, 0.1) is 5.82 Å². The predicted molar refractivity (Wildman–Crippen MR) is 112 cm³/mol. The van der Waals surface area contributed by atoms with E-state index < -0.39 is 49.2 Å². The maximum Gasteiger partial charge on any atom is 0.329 e. The Morgan fingerprint density at radius 2 is 1.62 bits per heavy atom. The number of anilines is 1. The number of alkyl halides is 4. The highest BCUT2D eigenvalue weighted by Crippen LogP contribution is 2.41. The molecule has 2 aliphatic rings. The number of nitrogens with zero attached hydrogens (tertiary/aromatic N) is 5. The number of carbonyl (C=O) groups excluding carboxylic acids is 2. The maximum absolute atomic E-state index is 14.3. The van der Waals surface area contributed by atoms with Gasteiger partial charge in [-0.05, 0) is 24.3 Å². The number of benzene rings is 2. The Morgan fingerprint density at radius 1 is 0.941 bits per heavy atom. The fraction of sp³-hybridized carbons (Fsp3) is 0.318. The van der Waals surface area contributed by atoms with E-state index in [4.69, 9.17) is 0 Å². The summed E-state index contributed by atoms with van der Waals surface area (Å²) < 4.78 is 69.4. The first-order valence-electron chi connectivity index (χ1n) is 10.4. The highest BCUT2D eigenvalue weighted by molar-refractivity contribution is 6.04. The Kier molecular flexibility index (Phi) is 4.99. The molecule has 0 bridgehead atoms. The first-order chi connectivity index (χ1) is 16.1. The van der Waals surface area contributed by atoms with Crippen LogP contribution < -0.4 is 4.90 Å². The van der Waals surface area contributed by atoms with Crippen molar-refractivity contribution in [3.8, 4) is 5.69 Å². The molecule has 0 aliphatic carbocycles. The maximum atomic E-state index is 14.3. The number of fused-ring (bicyclic) bond motifs is 1. The van der Waals surface area contributed by atoms with Crippen molar-refractivity contribution in [3.05, 3.63) is 54.5 Å². The van der Waals surface area contributed by atoms with Crippen LogP contribution in [0.15, 0.2) is 48.7 Å². The highest BCUT2D eigenvalue weighted by Gasteiger charge is 2.63. The van der Waals surface area contributed by atoms with Gasteiger partial charge in [-0.25, -0.2) is 13.9 Å². The second kappa shape index (κ2) is 7.67. The van der Waals surface area contributed by atoms with Gasteiger partial charge in [0.1, 0.15) is 18.0 Å². The van der Waals surface area contributed by atoms with Gasteiger partial charge in [-0.15, -0.1) is 0 Å². The van der Waals surface area contributed by atoms with E-state index in [1.54, 1.807) is 36.4 Å². The molecule has 5 rings (SSSR count). The van der Waals surface area contributed by atoms with E-state index in [1.165, 1.54) is 21.8 Å². The van der Waals surface area contributed by atoms with E-state index in [2.05, 4.69) is 5.10 Å². The molecule has 0 N–H and O–H groups in total. The van der Waals surface area contributed by atoms with Crippen LogP contribution in [0.1, 0.15) is 0 Å². The largest absolute Gasteiger partial charge is 0.329 e. The summed E-state index contributed by atoms with van der Waals surface area (Å²) in [6, 6.07) is 10.6. The number of hydrogen-bond acceptors (Lipinski definition) is 3. The molecular formula is C22H18F5N5O2. The molecule has 2 aromatic carbocycles. The number of para-hydroxylation sites is 1. The van der Waals surface area contributed by atoms with Gasteiger partial charge in [-0.3, -0.25) is 9.69 Å². The van der Waals surface area contributed by atoms with Crippen LogP contribution in [-0.2, 0) is 4.79 Å². The number of carbonyl (C=O) groups is 2. The van der Waals surface area contributed by atoms with Gasteiger partial charge >= 0.3 is 17.9 Å². The monoisotopic (exact) mass is 479 g/mol. The van der Waals surface area contributed by atoms with Gasteiger partial charge in [-0.1, -0.05) is 18.2 Å². The molecular weight excluding hydrogens is 461 g/mol. The molecule has 3 amide bonds. The van der Waals surface area contributed by atoms with Gasteiger partial charge < -0.3 is 9.80 Å². The summed E-state index contributed by atoms with van der Waals surface area (Å²) in [4.78, 5) is 28.2. The van der Waals surface area contributed by atoms with Crippen molar-refractivity contribution in [2.24, 2.45) is 0 Å². The third kappa shape index (κ3) is 3.44. The average Bonchev–Trinajstić information content (AvgIpc) is 3.43. The number of aromatic nitrogens is 2. The average molecular weight is 479 g/mol. The van der Waals surface area contributed by atoms with Crippen LogP contribution in [0.4, 0.5) is 32.4 Å². The fourth-order valence-electron chi connectivity index (χ4n) is 4.25. The Balaban J connectivity index is 1.36. The van der Waals surface area contributed by atoms with E-state index >= 15 is 0 Å². The third-order valence-corrected chi connectivity index (χ3v) is 6.05. The standard InChI is InChI=1S/C22H18F5N5O2/c23-15-4-1-2-5-18(15)32-17-7-3-6-16(14(17)10-28-32)31-9-8-29(20(31)34)11-19(33)30-12-21(24,25)22(26,27)13-30/h1-7,10H,8-9,11-13H2. The van der Waals surface area contributed by atoms with Crippen molar-refractivity contribution in [1.82, 2.24) is 19.6 Å². The first-order valence-corrected chi connectivity index (χ1v) is 10.4. The molecule has 0 atom stereocenters. The van der Waals surface area contributed by atoms with Gasteiger partial charge in [0.25, 0.3) is 0 Å². The summed E-state index contributed by atoms with van der Waals surface area (Å²) in [7, 11) is 0. The van der Waals surface area contributed by atoms with Crippen LogP contribution in [0.3, 0.4) is 0 Å². The lowest BCUT2D eigenvalue weighted by atomic mass is 10.2. The summed E-state index contributed by atoms with van der Waals surface area (Å²) >= 11 is 0. The summed E-state index contributed by atoms with van der Waals surface area (Å²) in [5, 5.41) is 4.81. The molecule has 3 heterocycles. The summed E-state index contributed by atoms with van der Waals surface area (Å²) in [6.45, 7) is -3.09. The van der Waals surface area contributed by atoms with Crippen LogP contribution >= 0.6 is 0 Å². The van der Waals surface area contributed by atoms with Crippen molar-refractivity contribution < 1.29 is 31.5 Å². The minimum absolute atomic E-state index is 0.100. The molecule has 12 heteroatoms. The lowest BCUT2D eigenvalue weighted by molar-refractivity contribution is -0.172. The lowest BCUT2D eigenvalue weighted by Gasteiger charge is -2.21. The first kappa shape index (κ1) is 22.1. The Morgan fingerprint density at radius 3 is 2.32 bits per heavy atom. The van der Waals surface area contributed by atoms with E-state index in [0.717, 1.165) is 4.90 Å². The van der Waals surface area contributed by atoms with Crippen molar-refractivity contribution in [3.63, 3.8) is 0 Å². The zero-order valence-corrected chi connectivity index (χ0v) is 17.6. The molecule has 0 saturated carbocycles. The zero-order chi connectivity index (χ0) is 24.3. The number of rotatable bonds is 4. The zero-order valence-electron chi connectivity index (χ0n) is 17.6. The lowest BCUT2D eigenvalue weighted by Crippen LogP contribution is -2.42. The predicted octanol–water partition coefficient (Wildman–Crippen LogP) is 3.52. The SMILES string of the molecule is O=C(CN1CCN(c2cccc3c2cnn3-c2ccccc2F)C1=O)N1CC(F)(F)C(F)(F)C1. The second-order valence-corrected chi connectivity index (χ2v) is 8.23. The Labute approximate surface area is 189 Å². The van der Waals surface area contributed by atoms with E-state index in [1.807, 2.05) is 0 Å². The van der Waals surface area contributed by atoms with Crippen LogP contribution in [0.5, 0.6) is 0 Å². The number of amides is 3. The molecule has 2 saturated heterocycles. The molecule has 1 aromatic heterocycles. The smallest absolute Gasteiger partial charge is 0.329 e. The van der Waals surface area contributed by atoms with E-state index in [0.29, 0.717) is 21.5 Å². The number of halogens is 5. The number of urea groups is 1. The molecule has 178 valence electrons. The van der Waals surface area contributed by atoms with Crippen LogP contribution in [0.2, 0.25) is 0 Å². The molecule has 3 aromatic rings. The molecule has 0 unspecified atom stereocenters. The molecule has 0 radical (unpaired) electrons. The van der Waals surface area contributed by atoms with Crippen LogP contribution in [-0.4, -0.2) is 76.1 Å². The topological polar surface area (TPSA) is 61.7 Å². The van der Waals surface area contributed by atoms with Crippen LogP contribution in [0.25, 0.3) is 16.6 Å². The van der Waals surface area contributed by atoms with Crippen molar-refractivity contribution in [2.75, 3.05) is 37.6 Å². The third-order valence-electron chi connectivity index (χ3n) is 6.05. The normalized spacial score (nSPS) is 19.4. The summed E-state index contributed by atoms with van der Waals surface area (Å²) in [5.74, 6) is -10.1.